The van der Waals surface area contributed by atoms with Gasteiger partial charge in [-0.05, 0) is 50.5 Å². The molecule has 0 aliphatic heterocycles. The first kappa shape index (κ1) is 25.0. The molecule has 2 aromatic heterocycles. The van der Waals surface area contributed by atoms with E-state index < -0.39 is 18.2 Å². The van der Waals surface area contributed by atoms with Gasteiger partial charge in [-0.1, -0.05) is 42.1 Å². The number of allylic oxidation sites excluding steroid dienone is 3. The molecule has 7 atom stereocenters. The number of anilines is 1. The summed E-state index contributed by atoms with van der Waals surface area (Å²) in [4.78, 5) is 9.19. The Hall–Kier alpha value is -1.72. The molecule has 0 aromatic carbocycles. The maximum atomic E-state index is 10.7. The standard InChI is InChI=1S/C24H33ClN6O3S/c1-3-10-35-23-27-21(26-16-12-15(16)13-4-7-24(2,25)8-5-13)18-22(28-23)31(30-29-18)17-11-14(6-9-32)19(33)20(17)34/h4-5,7,14-17,19-20,32-34H,3,6,8-12H2,1-2H3,(H,26,27,28). The number of nitrogens with one attached hydrogen (secondary N) is 1. The molecular formula is C24H33ClN6O3S. The molecule has 7 unspecified atom stereocenters. The minimum absolute atomic E-state index is 0.0361. The van der Waals surface area contributed by atoms with Crippen LogP contribution in [0, 0.1) is 11.8 Å². The van der Waals surface area contributed by atoms with Crippen LogP contribution < -0.4 is 5.32 Å². The van der Waals surface area contributed by atoms with Gasteiger partial charge in [0.2, 0.25) is 0 Å². The molecule has 0 amide bonds. The number of nitrogens with zero attached hydrogens (tertiary/aromatic N) is 5. The second-order valence-electron chi connectivity index (χ2n) is 10.1. The highest BCUT2D eigenvalue weighted by Crippen LogP contribution is 2.44. The van der Waals surface area contributed by atoms with Gasteiger partial charge in [-0.15, -0.1) is 16.7 Å². The molecule has 2 heterocycles. The van der Waals surface area contributed by atoms with Crippen molar-refractivity contribution in [1.29, 1.82) is 0 Å². The molecule has 2 aromatic rings. The number of aliphatic hydroxyl groups is 3. The lowest BCUT2D eigenvalue weighted by molar-refractivity contribution is 0.00107. The SMILES string of the molecule is CCCSc1nc(NC2CC2C2=CCC(C)(Cl)C=C2)c2nnn(C3CC(CCO)C(O)C3O)c2n1. The Balaban J connectivity index is 1.41. The maximum Gasteiger partial charge on any atom is 0.191 e. The first-order valence-corrected chi connectivity index (χ1v) is 13.7. The van der Waals surface area contributed by atoms with Gasteiger partial charge in [-0.3, -0.25) is 0 Å². The number of hydrogen-bond donors (Lipinski definition) is 4. The van der Waals surface area contributed by atoms with E-state index in [4.69, 9.17) is 21.6 Å². The third kappa shape index (κ3) is 5.09. The summed E-state index contributed by atoms with van der Waals surface area (Å²) >= 11 is 8.00. The van der Waals surface area contributed by atoms with E-state index in [2.05, 4.69) is 40.8 Å². The molecule has 2 saturated carbocycles. The van der Waals surface area contributed by atoms with Gasteiger partial charge in [0.15, 0.2) is 22.1 Å². The molecule has 3 aliphatic rings. The van der Waals surface area contributed by atoms with Crippen LogP contribution >= 0.6 is 23.4 Å². The van der Waals surface area contributed by atoms with Crippen LogP contribution in [0.2, 0.25) is 0 Å². The molecule has 3 aliphatic carbocycles. The fourth-order valence-electron chi connectivity index (χ4n) is 5.08. The van der Waals surface area contributed by atoms with Crippen molar-refractivity contribution in [2.45, 2.75) is 80.3 Å². The van der Waals surface area contributed by atoms with Crippen molar-refractivity contribution < 1.29 is 15.3 Å². The van der Waals surface area contributed by atoms with Gasteiger partial charge < -0.3 is 20.6 Å². The summed E-state index contributed by atoms with van der Waals surface area (Å²) in [7, 11) is 0. The highest BCUT2D eigenvalue weighted by molar-refractivity contribution is 7.99. The number of hydrogen-bond acceptors (Lipinski definition) is 9. The number of aliphatic hydroxyl groups excluding tert-OH is 3. The van der Waals surface area contributed by atoms with E-state index in [1.54, 1.807) is 16.4 Å². The molecule has 0 bridgehead atoms. The molecule has 190 valence electrons. The molecule has 5 rings (SSSR count). The topological polar surface area (TPSA) is 129 Å². The van der Waals surface area contributed by atoms with Crippen LogP contribution in [0.15, 0.2) is 29.0 Å². The van der Waals surface area contributed by atoms with E-state index in [9.17, 15) is 15.3 Å². The number of rotatable bonds is 9. The zero-order chi connectivity index (χ0) is 24.7. The fraction of sp³-hybridized carbons (Fsp3) is 0.667. The molecule has 11 heteroatoms. The Bertz CT molecular complexity index is 1140. The first-order valence-electron chi connectivity index (χ1n) is 12.4. The summed E-state index contributed by atoms with van der Waals surface area (Å²) in [5, 5.41) is 43.5. The molecule has 0 radical (unpaired) electrons. The molecule has 0 saturated heterocycles. The van der Waals surface area contributed by atoms with Gasteiger partial charge in [0, 0.05) is 24.3 Å². The Labute approximate surface area is 214 Å². The largest absolute Gasteiger partial charge is 0.396 e. The third-order valence-electron chi connectivity index (χ3n) is 7.22. The van der Waals surface area contributed by atoms with Gasteiger partial charge in [0.05, 0.1) is 17.0 Å². The quantitative estimate of drug-likeness (QED) is 0.224. The predicted octanol–water partition coefficient (Wildman–Crippen LogP) is 3.07. The first-order chi connectivity index (χ1) is 16.8. The lowest BCUT2D eigenvalue weighted by atomic mass is 9.95. The molecule has 4 N–H and O–H groups in total. The van der Waals surface area contributed by atoms with Crippen molar-refractivity contribution in [3.05, 3.63) is 23.8 Å². The zero-order valence-corrected chi connectivity index (χ0v) is 21.6. The molecule has 2 fully saturated rings. The van der Waals surface area contributed by atoms with Gasteiger partial charge in [-0.25, -0.2) is 14.6 Å². The minimum atomic E-state index is -1.000. The van der Waals surface area contributed by atoms with Crippen LogP contribution in [-0.2, 0) is 0 Å². The number of thioether (sulfide) groups is 1. The number of alkyl halides is 1. The molecule has 0 spiro atoms. The Morgan fingerprint density at radius 2 is 2.09 bits per heavy atom. The van der Waals surface area contributed by atoms with Crippen LogP contribution in [0.5, 0.6) is 0 Å². The van der Waals surface area contributed by atoms with Crippen molar-refractivity contribution in [1.82, 2.24) is 25.0 Å². The zero-order valence-electron chi connectivity index (χ0n) is 20.0. The van der Waals surface area contributed by atoms with Crippen LogP contribution in [0.3, 0.4) is 0 Å². The monoisotopic (exact) mass is 520 g/mol. The normalized spacial score (nSPS) is 34.4. The third-order valence-corrected chi connectivity index (χ3v) is 8.56. The lowest BCUT2D eigenvalue weighted by Crippen LogP contribution is -2.30. The van der Waals surface area contributed by atoms with E-state index in [0.29, 0.717) is 40.9 Å². The average Bonchev–Trinajstić information content (AvgIpc) is 3.37. The number of halogens is 1. The summed E-state index contributed by atoms with van der Waals surface area (Å²) in [6.07, 6.45) is 8.25. The second kappa shape index (κ2) is 9.97. The minimum Gasteiger partial charge on any atom is -0.396 e. The van der Waals surface area contributed by atoms with Crippen molar-refractivity contribution in [3.8, 4) is 0 Å². The molecule has 35 heavy (non-hydrogen) atoms. The summed E-state index contributed by atoms with van der Waals surface area (Å²) in [6.45, 7) is 4.09. The molecule has 9 nitrogen and oxygen atoms in total. The summed E-state index contributed by atoms with van der Waals surface area (Å²) in [5.41, 5.74) is 2.41. The van der Waals surface area contributed by atoms with Gasteiger partial charge >= 0.3 is 0 Å². The van der Waals surface area contributed by atoms with Gasteiger partial charge in [-0.2, -0.15) is 0 Å². The second-order valence-corrected chi connectivity index (χ2v) is 12.0. The van der Waals surface area contributed by atoms with Crippen molar-refractivity contribution in [3.63, 3.8) is 0 Å². The maximum absolute atomic E-state index is 10.7. The van der Waals surface area contributed by atoms with Gasteiger partial charge in [0.1, 0.15) is 6.10 Å². The molecular weight excluding hydrogens is 488 g/mol. The number of aromatic nitrogens is 5. The highest BCUT2D eigenvalue weighted by atomic mass is 35.5. The van der Waals surface area contributed by atoms with Crippen molar-refractivity contribution in [2.24, 2.45) is 11.8 Å². The van der Waals surface area contributed by atoms with E-state index in [1.165, 1.54) is 5.57 Å². The Kier molecular flexibility index (Phi) is 7.11. The number of fused-ring (bicyclic) bond motifs is 1. The Morgan fingerprint density at radius 1 is 1.26 bits per heavy atom. The van der Waals surface area contributed by atoms with Crippen LogP contribution in [0.4, 0.5) is 5.82 Å². The van der Waals surface area contributed by atoms with Crippen molar-refractivity contribution >= 4 is 40.3 Å². The van der Waals surface area contributed by atoms with E-state index in [0.717, 1.165) is 25.0 Å². The van der Waals surface area contributed by atoms with Crippen molar-refractivity contribution in [2.75, 3.05) is 17.7 Å². The summed E-state index contributed by atoms with van der Waals surface area (Å²) < 4.78 is 1.63. The van der Waals surface area contributed by atoms with E-state index in [-0.39, 0.29) is 23.4 Å². The predicted molar refractivity (Wildman–Crippen MR) is 137 cm³/mol. The summed E-state index contributed by atoms with van der Waals surface area (Å²) in [6, 6.07) is -0.222. The van der Waals surface area contributed by atoms with E-state index >= 15 is 0 Å². The summed E-state index contributed by atoms with van der Waals surface area (Å²) in [5.74, 6) is 1.73. The van der Waals surface area contributed by atoms with Crippen LogP contribution in [-0.4, -0.2) is 75.8 Å². The van der Waals surface area contributed by atoms with E-state index in [1.807, 2.05) is 6.92 Å². The lowest BCUT2D eigenvalue weighted by Gasteiger charge is -2.20. The average molecular weight is 521 g/mol. The smallest absolute Gasteiger partial charge is 0.191 e. The van der Waals surface area contributed by atoms with Crippen LogP contribution in [0.1, 0.15) is 52.0 Å². The Morgan fingerprint density at radius 3 is 2.80 bits per heavy atom. The van der Waals surface area contributed by atoms with Gasteiger partial charge in [0.25, 0.3) is 0 Å². The fourth-order valence-corrected chi connectivity index (χ4v) is 5.92. The highest BCUT2D eigenvalue weighted by Gasteiger charge is 2.44. The van der Waals surface area contributed by atoms with Crippen LogP contribution in [0.25, 0.3) is 11.2 Å².